The second-order valence-electron chi connectivity index (χ2n) is 7.37. The fourth-order valence-electron chi connectivity index (χ4n) is 3.97. The predicted molar refractivity (Wildman–Crippen MR) is 126 cm³/mol. The molecule has 0 fully saturated rings. The smallest absolute Gasteiger partial charge is 0.258 e. The van der Waals surface area contributed by atoms with Crippen molar-refractivity contribution in [1.29, 1.82) is 0 Å². The van der Waals surface area contributed by atoms with E-state index >= 15 is 0 Å². The first-order valence-corrected chi connectivity index (χ1v) is 10.7. The molecule has 0 saturated heterocycles. The largest absolute Gasteiger partial charge is 0.497 e. The van der Waals surface area contributed by atoms with E-state index in [1.54, 1.807) is 7.11 Å². The number of benzene rings is 3. The first-order chi connectivity index (χ1) is 15.1. The Hall–Kier alpha value is -3.38. The van der Waals surface area contributed by atoms with Gasteiger partial charge >= 0.3 is 0 Å². The summed E-state index contributed by atoms with van der Waals surface area (Å²) in [6.07, 6.45) is 0.261. The minimum absolute atomic E-state index is 0.175. The van der Waals surface area contributed by atoms with Gasteiger partial charge in [-0.1, -0.05) is 63.6 Å². The van der Waals surface area contributed by atoms with E-state index < -0.39 is 0 Å². The summed E-state index contributed by atoms with van der Waals surface area (Å²) in [5.74, 6) is 0.783. The number of aromatic nitrogens is 1. The van der Waals surface area contributed by atoms with Crippen LogP contribution in [0, 0.1) is 0 Å². The maximum Gasteiger partial charge on any atom is 0.258 e. The summed E-state index contributed by atoms with van der Waals surface area (Å²) in [4.78, 5) is 22.0. The molecule has 2 heterocycles. The first-order valence-electron chi connectivity index (χ1n) is 9.92. The Bertz CT molecular complexity index is 1350. The summed E-state index contributed by atoms with van der Waals surface area (Å²) in [5.41, 5.74) is 4.60. The topological polar surface area (TPSA) is 63.7 Å². The highest BCUT2D eigenvalue weighted by Crippen LogP contribution is 2.36. The van der Waals surface area contributed by atoms with Gasteiger partial charge in [-0.15, -0.1) is 0 Å². The lowest BCUT2D eigenvalue weighted by Gasteiger charge is -2.13. The lowest BCUT2D eigenvalue weighted by molar-refractivity contribution is 0.0857. The zero-order valence-corrected chi connectivity index (χ0v) is 18.3. The van der Waals surface area contributed by atoms with E-state index in [2.05, 4.69) is 26.1 Å². The van der Waals surface area contributed by atoms with Crippen LogP contribution in [0.1, 0.15) is 23.7 Å². The van der Waals surface area contributed by atoms with Crippen molar-refractivity contribution < 1.29 is 9.57 Å². The van der Waals surface area contributed by atoms with Crippen molar-refractivity contribution in [3.05, 3.63) is 98.7 Å². The molecule has 1 aliphatic heterocycles. The molecule has 0 saturated carbocycles. The van der Waals surface area contributed by atoms with E-state index in [0.29, 0.717) is 17.7 Å². The van der Waals surface area contributed by atoms with Crippen LogP contribution in [0.25, 0.3) is 22.0 Å². The van der Waals surface area contributed by atoms with Crippen LogP contribution in [0.5, 0.6) is 5.75 Å². The maximum atomic E-state index is 13.2. The molecular weight excluding hydrogens is 456 g/mol. The van der Waals surface area contributed by atoms with Crippen LogP contribution in [-0.4, -0.2) is 17.8 Å². The molecule has 31 heavy (non-hydrogen) atoms. The third-order valence-corrected chi connectivity index (χ3v) is 5.98. The fourth-order valence-corrected chi connectivity index (χ4v) is 4.33. The standard InChI is InChI=1S/C25H19BrN2O3/c1-30-18-10-7-15(8-11-18)22-14-21(28-31-22)24-23(16-5-3-2-4-6-16)19-13-17(26)9-12-20(19)27-25(24)29/h2-13,22H,14H2,1H3,(H,27,29)/t22-/m0/s1. The van der Waals surface area contributed by atoms with Gasteiger partial charge in [0.2, 0.25) is 0 Å². The molecule has 0 bridgehead atoms. The van der Waals surface area contributed by atoms with E-state index in [9.17, 15) is 4.79 Å². The predicted octanol–water partition coefficient (Wildman–Crippen LogP) is 5.83. The van der Waals surface area contributed by atoms with Crippen molar-refractivity contribution >= 4 is 32.5 Å². The second kappa shape index (κ2) is 8.04. The average molecular weight is 475 g/mol. The maximum absolute atomic E-state index is 13.2. The molecule has 0 unspecified atom stereocenters. The van der Waals surface area contributed by atoms with Crippen LogP contribution in [0.3, 0.4) is 0 Å². The summed E-state index contributed by atoms with van der Waals surface area (Å²) in [5, 5.41) is 5.29. The SMILES string of the molecule is COc1ccc([C@@H]2CC(c3c(-c4ccccc4)c4cc(Br)ccc4[nH]c3=O)=NO2)cc1. The van der Waals surface area contributed by atoms with Crippen molar-refractivity contribution in [2.24, 2.45) is 5.16 Å². The van der Waals surface area contributed by atoms with Gasteiger partial charge in [-0.05, 0) is 41.5 Å². The number of methoxy groups -OCH3 is 1. The summed E-state index contributed by atoms with van der Waals surface area (Å²) in [6.45, 7) is 0. The van der Waals surface area contributed by atoms with E-state index in [1.807, 2.05) is 72.8 Å². The molecule has 0 amide bonds. The lowest BCUT2D eigenvalue weighted by Crippen LogP contribution is -2.20. The van der Waals surface area contributed by atoms with Gasteiger partial charge in [-0.2, -0.15) is 0 Å². The van der Waals surface area contributed by atoms with Crippen LogP contribution >= 0.6 is 15.9 Å². The highest BCUT2D eigenvalue weighted by Gasteiger charge is 2.28. The van der Waals surface area contributed by atoms with E-state index in [-0.39, 0.29) is 11.7 Å². The number of nitrogens with one attached hydrogen (secondary N) is 1. The summed E-state index contributed by atoms with van der Waals surface area (Å²) in [7, 11) is 1.64. The van der Waals surface area contributed by atoms with Crippen LogP contribution in [0.15, 0.2) is 87.2 Å². The van der Waals surface area contributed by atoms with Crippen molar-refractivity contribution in [3.8, 4) is 16.9 Å². The fraction of sp³-hybridized carbons (Fsp3) is 0.120. The van der Waals surface area contributed by atoms with Crippen LogP contribution in [-0.2, 0) is 4.84 Å². The first kappa shape index (κ1) is 19.6. The molecule has 1 atom stereocenters. The molecule has 5 rings (SSSR count). The number of hydrogen-bond donors (Lipinski definition) is 1. The lowest BCUT2D eigenvalue weighted by atomic mass is 9.91. The van der Waals surface area contributed by atoms with Gasteiger partial charge in [0.05, 0.1) is 18.4 Å². The van der Waals surface area contributed by atoms with E-state index in [4.69, 9.17) is 9.57 Å². The Labute approximate surface area is 187 Å². The quantitative estimate of drug-likeness (QED) is 0.404. The number of ether oxygens (including phenoxy) is 1. The van der Waals surface area contributed by atoms with E-state index in [1.165, 1.54) is 0 Å². The summed E-state index contributed by atoms with van der Waals surface area (Å²) < 4.78 is 6.18. The molecule has 0 radical (unpaired) electrons. The van der Waals surface area contributed by atoms with Gasteiger partial charge in [0.25, 0.3) is 5.56 Å². The van der Waals surface area contributed by atoms with Crippen LogP contribution in [0.4, 0.5) is 0 Å². The number of fused-ring (bicyclic) bond motifs is 1. The zero-order chi connectivity index (χ0) is 21.4. The Morgan fingerprint density at radius 2 is 1.81 bits per heavy atom. The molecule has 6 heteroatoms. The van der Waals surface area contributed by atoms with Crippen molar-refractivity contribution in [2.75, 3.05) is 7.11 Å². The number of nitrogens with zero attached hydrogens (tertiary/aromatic N) is 1. The molecule has 3 aromatic carbocycles. The molecule has 4 aromatic rings. The minimum atomic E-state index is -0.248. The Balaban J connectivity index is 1.63. The number of hydrogen-bond acceptors (Lipinski definition) is 4. The number of H-pyrrole nitrogens is 1. The van der Waals surface area contributed by atoms with Gasteiger partial charge in [-0.3, -0.25) is 4.79 Å². The average Bonchev–Trinajstić information content (AvgIpc) is 3.29. The third kappa shape index (κ3) is 3.64. The molecular formula is C25H19BrN2O3. The Morgan fingerprint density at radius 3 is 2.55 bits per heavy atom. The van der Waals surface area contributed by atoms with Crippen LogP contribution in [0.2, 0.25) is 0 Å². The molecule has 1 aromatic heterocycles. The Kier molecular flexibility index (Phi) is 5.08. The summed E-state index contributed by atoms with van der Waals surface area (Å²) >= 11 is 3.56. The molecule has 154 valence electrons. The normalized spacial score (nSPS) is 15.5. The van der Waals surface area contributed by atoms with Gasteiger partial charge in [0.1, 0.15) is 5.75 Å². The highest BCUT2D eigenvalue weighted by molar-refractivity contribution is 9.10. The molecule has 0 spiro atoms. The van der Waals surface area contributed by atoms with Gasteiger partial charge in [0.15, 0.2) is 6.10 Å². The van der Waals surface area contributed by atoms with Crippen molar-refractivity contribution in [3.63, 3.8) is 0 Å². The molecule has 1 N–H and O–H groups in total. The summed E-state index contributed by atoms with van der Waals surface area (Å²) in [6, 6.07) is 23.5. The van der Waals surface area contributed by atoms with E-state index in [0.717, 1.165) is 37.8 Å². The van der Waals surface area contributed by atoms with Crippen molar-refractivity contribution in [2.45, 2.75) is 12.5 Å². The number of halogens is 1. The molecule has 0 aliphatic carbocycles. The Morgan fingerprint density at radius 1 is 1.03 bits per heavy atom. The number of oxime groups is 1. The third-order valence-electron chi connectivity index (χ3n) is 5.48. The van der Waals surface area contributed by atoms with Gasteiger partial charge in [-0.25, -0.2) is 0 Å². The number of pyridine rings is 1. The number of rotatable bonds is 4. The van der Waals surface area contributed by atoms with Gasteiger partial charge in [0, 0.05) is 27.4 Å². The number of aromatic amines is 1. The molecule has 1 aliphatic rings. The van der Waals surface area contributed by atoms with Crippen molar-refractivity contribution in [1.82, 2.24) is 4.98 Å². The highest BCUT2D eigenvalue weighted by atomic mass is 79.9. The zero-order valence-electron chi connectivity index (χ0n) is 16.8. The molecule has 5 nitrogen and oxygen atoms in total. The monoisotopic (exact) mass is 474 g/mol. The van der Waals surface area contributed by atoms with Gasteiger partial charge < -0.3 is 14.6 Å². The van der Waals surface area contributed by atoms with Crippen LogP contribution < -0.4 is 10.3 Å². The second-order valence-corrected chi connectivity index (χ2v) is 8.29. The minimum Gasteiger partial charge on any atom is -0.497 e.